The summed E-state index contributed by atoms with van der Waals surface area (Å²) in [7, 11) is 4.87. The first-order chi connectivity index (χ1) is 17.9. The number of methoxy groups -OCH3 is 3. The lowest BCUT2D eigenvalue weighted by molar-refractivity contribution is -0.310. The Morgan fingerprint density at radius 3 is 2.16 bits per heavy atom. The van der Waals surface area contributed by atoms with Crippen molar-refractivity contribution in [3.8, 4) is 0 Å². The summed E-state index contributed by atoms with van der Waals surface area (Å²) in [5.74, 6) is -2.29. The van der Waals surface area contributed by atoms with Crippen LogP contribution in [0.4, 0.5) is 0 Å². The van der Waals surface area contributed by atoms with Crippen LogP contribution in [-0.2, 0) is 33.3 Å². The van der Waals surface area contributed by atoms with Gasteiger partial charge in [-0.3, -0.25) is 9.59 Å². The van der Waals surface area contributed by atoms with Gasteiger partial charge in [0.25, 0.3) is 0 Å². The van der Waals surface area contributed by atoms with Crippen LogP contribution in [0.3, 0.4) is 0 Å². The van der Waals surface area contributed by atoms with Crippen molar-refractivity contribution >= 4 is 11.9 Å². The van der Waals surface area contributed by atoms with Gasteiger partial charge in [-0.15, -0.1) is 0 Å². The van der Waals surface area contributed by atoms with Crippen molar-refractivity contribution in [2.45, 2.75) is 94.7 Å². The molecule has 0 radical (unpaired) electrons. The first-order valence-electron chi connectivity index (χ1n) is 14.1. The number of nitrogens with one attached hydrogen (secondary N) is 1. The molecule has 1 aliphatic heterocycles. The first kappa shape index (κ1) is 26.9. The minimum atomic E-state index is -1.69. The Kier molecular flexibility index (Phi) is 5.92. The van der Waals surface area contributed by atoms with Crippen molar-refractivity contribution in [3.63, 3.8) is 0 Å². The van der Waals surface area contributed by atoms with E-state index in [1.807, 2.05) is 0 Å². The zero-order valence-electron chi connectivity index (χ0n) is 23.4. The minimum Gasteiger partial charge on any atom is -0.459 e. The molecule has 5 aliphatic carbocycles. The van der Waals surface area contributed by atoms with E-state index in [1.165, 1.54) is 21.0 Å². The van der Waals surface area contributed by atoms with E-state index in [4.69, 9.17) is 23.7 Å². The number of esters is 2. The third-order valence-electron chi connectivity index (χ3n) is 12.3. The van der Waals surface area contributed by atoms with E-state index in [0.717, 1.165) is 19.4 Å². The maximum atomic E-state index is 13.1. The molecular formula is C28H43NO9. The summed E-state index contributed by atoms with van der Waals surface area (Å²) in [4.78, 5) is 24.9. The summed E-state index contributed by atoms with van der Waals surface area (Å²) < 4.78 is 30.3. The molecule has 0 amide bonds. The summed E-state index contributed by atoms with van der Waals surface area (Å²) in [5.41, 5.74) is -3.96. The molecule has 10 heteroatoms. The molecule has 3 N–H and O–H groups in total. The first-order valence-corrected chi connectivity index (χ1v) is 14.1. The van der Waals surface area contributed by atoms with E-state index >= 15 is 0 Å². The molecule has 6 fully saturated rings. The Hall–Kier alpha value is -1.30. The number of aliphatic hydroxyl groups is 2. The maximum Gasteiger partial charge on any atom is 0.303 e. The van der Waals surface area contributed by atoms with Crippen LogP contribution in [0.1, 0.15) is 47.0 Å². The van der Waals surface area contributed by atoms with Gasteiger partial charge in [-0.05, 0) is 36.5 Å². The fourth-order valence-electron chi connectivity index (χ4n) is 11.4. The van der Waals surface area contributed by atoms with Crippen LogP contribution >= 0.6 is 0 Å². The monoisotopic (exact) mass is 537 g/mol. The Labute approximate surface area is 224 Å². The van der Waals surface area contributed by atoms with E-state index in [0.29, 0.717) is 5.92 Å². The highest BCUT2D eigenvalue weighted by atomic mass is 16.6. The van der Waals surface area contributed by atoms with Crippen LogP contribution in [-0.4, -0.2) is 97.8 Å². The van der Waals surface area contributed by atoms with Gasteiger partial charge in [-0.1, -0.05) is 13.8 Å². The van der Waals surface area contributed by atoms with Gasteiger partial charge < -0.3 is 39.2 Å². The molecule has 7 bridgehead atoms. The maximum absolute atomic E-state index is 13.1. The van der Waals surface area contributed by atoms with Gasteiger partial charge in [0.15, 0.2) is 6.10 Å². The van der Waals surface area contributed by atoms with Gasteiger partial charge in [0.05, 0.1) is 12.2 Å². The predicted octanol–water partition coefficient (Wildman–Crippen LogP) is 0.661. The zero-order valence-corrected chi connectivity index (χ0v) is 23.4. The van der Waals surface area contributed by atoms with Crippen LogP contribution in [0, 0.1) is 40.4 Å². The van der Waals surface area contributed by atoms with Gasteiger partial charge in [0.2, 0.25) is 0 Å². The highest BCUT2D eigenvalue weighted by Crippen LogP contribution is 2.80. The number of hydrogen-bond donors (Lipinski definition) is 3. The number of carbonyl (C=O) groups is 2. The molecule has 38 heavy (non-hydrogen) atoms. The highest BCUT2D eigenvalue weighted by molar-refractivity contribution is 5.67. The summed E-state index contributed by atoms with van der Waals surface area (Å²) in [6.07, 6.45) is -1.84. The summed E-state index contributed by atoms with van der Waals surface area (Å²) in [5, 5.41) is 29.3. The van der Waals surface area contributed by atoms with E-state index in [2.05, 4.69) is 19.2 Å². The van der Waals surface area contributed by atoms with E-state index in [9.17, 15) is 19.8 Å². The molecule has 6 aliphatic rings. The van der Waals surface area contributed by atoms with Gasteiger partial charge in [0.1, 0.15) is 23.4 Å². The molecule has 1 spiro atoms. The lowest BCUT2D eigenvalue weighted by atomic mass is 9.41. The Balaban J connectivity index is 1.66. The average molecular weight is 538 g/mol. The lowest BCUT2D eigenvalue weighted by Gasteiger charge is -2.68. The van der Waals surface area contributed by atoms with Crippen LogP contribution in [0.2, 0.25) is 0 Å². The molecule has 15 atom stereocenters. The van der Waals surface area contributed by atoms with Crippen LogP contribution < -0.4 is 5.32 Å². The van der Waals surface area contributed by atoms with Crippen LogP contribution in [0.5, 0.6) is 0 Å². The van der Waals surface area contributed by atoms with Gasteiger partial charge in [-0.2, -0.15) is 0 Å². The number of carbonyl (C=O) groups excluding carboxylic acids is 2. The zero-order chi connectivity index (χ0) is 27.6. The molecule has 0 aromatic rings. The molecular weight excluding hydrogens is 494 g/mol. The molecule has 214 valence electrons. The molecule has 1 heterocycles. The third-order valence-corrected chi connectivity index (χ3v) is 12.3. The van der Waals surface area contributed by atoms with E-state index < -0.39 is 58.7 Å². The van der Waals surface area contributed by atoms with Gasteiger partial charge in [-0.25, -0.2) is 0 Å². The van der Waals surface area contributed by atoms with Crippen LogP contribution in [0.25, 0.3) is 0 Å². The second-order valence-corrected chi connectivity index (χ2v) is 12.9. The Morgan fingerprint density at radius 1 is 0.947 bits per heavy atom. The largest absolute Gasteiger partial charge is 0.459 e. The van der Waals surface area contributed by atoms with Crippen molar-refractivity contribution < 1.29 is 43.5 Å². The SMILES string of the molecule is CC[C@]12CNC3[C@@H]4[C@H](OC)[C@H]1[C@@]3([C@@H](OC)C[C@H]2C)[C@@H]1C[C@@]2(O)[C@H](OC(C)=O)[C@@H]1[C@]4(O)[C@@H](OC(C)=O)[C@@H]2OC. The second-order valence-electron chi connectivity index (χ2n) is 12.9. The topological polar surface area (TPSA) is 133 Å². The summed E-state index contributed by atoms with van der Waals surface area (Å²) >= 11 is 0. The van der Waals surface area contributed by atoms with E-state index in [1.54, 1.807) is 14.2 Å². The third kappa shape index (κ3) is 2.71. The van der Waals surface area contributed by atoms with Gasteiger partial charge >= 0.3 is 11.9 Å². The number of fused-ring (bicyclic) bond motifs is 2. The standard InChI is InChI=1S/C28H43NO9/c1-8-25-11-29-21-18-19(35-6)20(25)27(21,16(34-5)9-12(25)2)15-10-26(32)22(37-13(3)30)17(15)28(18,33)24(23(26)36-7)38-14(4)31/h12,15-24,29,32-33H,8-11H2,1-7H3/t12-,15-,16+,17-,18+,19+,20-,21?,22-,23+,24+,25-,26-,27+,28-/m1/s1. The molecule has 1 saturated heterocycles. The van der Waals surface area contributed by atoms with Crippen molar-refractivity contribution in [2.24, 2.45) is 40.4 Å². The minimum absolute atomic E-state index is 0.0221. The van der Waals surface area contributed by atoms with E-state index in [-0.39, 0.29) is 41.9 Å². The molecule has 0 aromatic carbocycles. The molecule has 6 rings (SSSR count). The number of ether oxygens (including phenoxy) is 5. The quantitative estimate of drug-likeness (QED) is 0.415. The fraction of sp³-hybridized carbons (Fsp3) is 0.929. The van der Waals surface area contributed by atoms with Crippen molar-refractivity contribution in [3.05, 3.63) is 0 Å². The normalized spacial score (nSPS) is 57.4. The van der Waals surface area contributed by atoms with Crippen LogP contribution in [0.15, 0.2) is 0 Å². The molecule has 1 unspecified atom stereocenters. The Morgan fingerprint density at radius 2 is 1.61 bits per heavy atom. The average Bonchev–Trinajstić information content (AvgIpc) is 3.21. The van der Waals surface area contributed by atoms with Crippen molar-refractivity contribution in [1.82, 2.24) is 5.32 Å². The summed E-state index contributed by atoms with van der Waals surface area (Å²) in [6, 6.07) is -0.213. The van der Waals surface area contributed by atoms with Gasteiger partial charge in [0, 0.05) is 70.9 Å². The highest BCUT2D eigenvalue weighted by Gasteiger charge is 2.90. The predicted molar refractivity (Wildman–Crippen MR) is 133 cm³/mol. The number of hydrogen-bond acceptors (Lipinski definition) is 10. The molecule has 0 aromatic heterocycles. The Bertz CT molecular complexity index is 1020. The van der Waals surface area contributed by atoms with Crippen molar-refractivity contribution in [1.29, 1.82) is 0 Å². The number of rotatable bonds is 6. The molecule has 10 nitrogen and oxygen atoms in total. The fourth-order valence-corrected chi connectivity index (χ4v) is 11.4. The molecule has 5 saturated carbocycles. The lowest BCUT2D eigenvalue weighted by Crippen LogP contribution is -2.80. The summed E-state index contributed by atoms with van der Waals surface area (Å²) in [6.45, 7) is 7.89. The number of piperidine rings is 1. The smallest absolute Gasteiger partial charge is 0.303 e. The van der Waals surface area contributed by atoms with Crippen molar-refractivity contribution in [2.75, 3.05) is 27.9 Å². The second kappa shape index (κ2) is 8.36.